The van der Waals surface area contributed by atoms with Crippen molar-refractivity contribution in [3.05, 3.63) is 57.6 Å². The van der Waals surface area contributed by atoms with Gasteiger partial charge in [-0.3, -0.25) is 19.1 Å². The Hall–Kier alpha value is -2.67. The van der Waals surface area contributed by atoms with Crippen LogP contribution < -0.4 is 10.9 Å². The third-order valence-corrected chi connectivity index (χ3v) is 6.22. The number of nitrogens with zero attached hydrogens (tertiary/aromatic N) is 3. The number of pyridine rings is 1. The molecule has 28 heavy (non-hydrogen) atoms. The predicted octanol–water partition coefficient (Wildman–Crippen LogP) is 3.33. The third-order valence-electron chi connectivity index (χ3n) is 5.08. The molecule has 6 nitrogen and oxygen atoms in total. The second-order valence-corrected chi connectivity index (χ2v) is 8.04. The Morgan fingerprint density at radius 1 is 1.29 bits per heavy atom. The van der Waals surface area contributed by atoms with E-state index in [1.165, 1.54) is 11.8 Å². The molecule has 0 radical (unpaired) electrons. The molecule has 1 atom stereocenters. The van der Waals surface area contributed by atoms with Crippen LogP contribution in [0.2, 0.25) is 0 Å². The van der Waals surface area contributed by atoms with E-state index in [0.717, 1.165) is 33.5 Å². The molecule has 1 aliphatic heterocycles. The number of aryl methyl sites for hydroxylation is 2. The van der Waals surface area contributed by atoms with E-state index in [2.05, 4.69) is 15.3 Å². The van der Waals surface area contributed by atoms with Crippen molar-refractivity contribution in [1.29, 1.82) is 0 Å². The number of rotatable bonds is 3. The molecule has 0 fully saturated rings. The lowest BCUT2D eigenvalue weighted by Crippen LogP contribution is -2.38. The maximum absolute atomic E-state index is 13.0. The smallest absolute Gasteiger partial charge is 0.257 e. The number of aromatic nitrogens is 3. The van der Waals surface area contributed by atoms with Crippen LogP contribution in [-0.2, 0) is 17.8 Å². The van der Waals surface area contributed by atoms with E-state index in [1.54, 1.807) is 4.57 Å². The normalized spacial score (nSPS) is 16.0. The lowest BCUT2D eigenvalue weighted by molar-refractivity contribution is -0.119. The first-order chi connectivity index (χ1) is 13.5. The molecule has 0 spiro atoms. The number of hydrogen-bond acceptors (Lipinski definition) is 5. The molecule has 4 rings (SSSR count). The second kappa shape index (κ2) is 7.39. The van der Waals surface area contributed by atoms with Crippen LogP contribution in [0.1, 0.15) is 23.9 Å². The molecule has 0 saturated heterocycles. The molecular formula is C21H22N4O2S. The molecule has 1 N–H and O–H groups in total. The molecule has 3 aromatic rings. The zero-order chi connectivity index (χ0) is 19.8. The van der Waals surface area contributed by atoms with E-state index in [-0.39, 0.29) is 17.4 Å². The molecule has 3 heterocycles. The zero-order valence-corrected chi connectivity index (χ0v) is 17.0. The molecule has 0 aliphatic carbocycles. The summed E-state index contributed by atoms with van der Waals surface area (Å²) in [6, 6.07) is 9.64. The Morgan fingerprint density at radius 2 is 2.07 bits per heavy atom. The summed E-state index contributed by atoms with van der Waals surface area (Å²) in [5, 5.41) is 4.67. The van der Waals surface area contributed by atoms with Gasteiger partial charge < -0.3 is 5.32 Å². The number of nitrogens with one attached hydrogen (secondary N) is 1. The van der Waals surface area contributed by atoms with Crippen molar-refractivity contribution < 1.29 is 4.79 Å². The summed E-state index contributed by atoms with van der Waals surface area (Å²) in [5.41, 5.74) is 3.94. The lowest BCUT2D eigenvalue weighted by atomic mass is 10.1. The molecule has 1 aliphatic rings. The van der Waals surface area contributed by atoms with Gasteiger partial charge in [0.15, 0.2) is 5.16 Å². The molecule has 0 unspecified atom stereocenters. The number of para-hydroxylation sites is 1. The molecule has 1 aromatic carbocycles. The third kappa shape index (κ3) is 3.30. The van der Waals surface area contributed by atoms with Crippen LogP contribution in [-0.4, -0.2) is 26.2 Å². The summed E-state index contributed by atoms with van der Waals surface area (Å²) >= 11 is 1.47. The molecule has 0 saturated carbocycles. The minimum absolute atomic E-state index is 0.0276. The number of thioether (sulfide) groups is 1. The Morgan fingerprint density at radius 3 is 2.86 bits per heavy atom. The van der Waals surface area contributed by atoms with Gasteiger partial charge in [0.25, 0.3) is 5.56 Å². The van der Waals surface area contributed by atoms with E-state index in [1.807, 2.05) is 51.1 Å². The monoisotopic (exact) mass is 394 g/mol. The molecule has 0 bridgehead atoms. The van der Waals surface area contributed by atoms with Crippen LogP contribution in [0.5, 0.6) is 0 Å². The summed E-state index contributed by atoms with van der Waals surface area (Å²) in [6.07, 6.45) is 0.641. The molecular weight excluding hydrogens is 372 g/mol. The van der Waals surface area contributed by atoms with Gasteiger partial charge in [-0.2, -0.15) is 0 Å². The van der Waals surface area contributed by atoms with Gasteiger partial charge in [-0.1, -0.05) is 36.9 Å². The summed E-state index contributed by atoms with van der Waals surface area (Å²) in [5.74, 6) is 0.224. The van der Waals surface area contributed by atoms with Crippen LogP contribution in [0.4, 0.5) is 5.69 Å². The van der Waals surface area contributed by atoms with E-state index in [0.29, 0.717) is 23.9 Å². The number of anilines is 1. The average molecular weight is 395 g/mol. The van der Waals surface area contributed by atoms with Gasteiger partial charge >= 0.3 is 0 Å². The number of carbonyl (C=O) groups is 1. The van der Waals surface area contributed by atoms with E-state index in [9.17, 15) is 9.59 Å². The van der Waals surface area contributed by atoms with Crippen LogP contribution in [0.3, 0.4) is 0 Å². The largest absolute Gasteiger partial charge is 0.325 e. The first kappa shape index (κ1) is 18.7. The topological polar surface area (TPSA) is 76.9 Å². The van der Waals surface area contributed by atoms with Gasteiger partial charge in [0, 0.05) is 34.6 Å². The van der Waals surface area contributed by atoms with Gasteiger partial charge in [0.05, 0.1) is 17.1 Å². The minimum atomic E-state index is -0.295. The van der Waals surface area contributed by atoms with Crippen LogP contribution in [0.25, 0.3) is 10.9 Å². The van der Waals surface area contributed by atoms with Crippen molar-refractivity contribution in [2.24, 2.45) is 5.92 Å². The Bertz CT molecular complexity index is 1140. The fraction of sp³-hybridized carbons (Fsp3) is 0.333. The van der Waals surface area contributed by atoms with Gasteiger partial charge in [0.2, 0.25) is 5.91 Å². The van der Waals surface area contributed by atoms with Crippen LogP contribution >= 0.6 is 11.8 Å². The Balaban J connectivity index is 1.62. The number of fused-ring (bicyclic) bond motifs is 2. The number of amides is 1. The van der Waals surface area contributed by atoms with Crippen molar-refractivity contribution in [3.8, 4) is 0 Å². The summed E-state index contributed by atoms with van der Waals surface area (Å²) < 4.78 is 1.65. The Kier molecular flexibility index (Phi) is 4.93. The molecule has 7 heteroatoms. The van der Waals surface area contributed by atoms with E-state index in [4.69, 9.17) is 0 Å². The van der Waals surface area contributed by atoms with Crippen LogP contribution in [0.15, 0.2) is 40.3 Å². The van der Waals surface area contributed by atoms with Crippen molar-refractivity contribution >= 4 is 34.3 Å². The lowest BCUT2D eigenvalue weighted by Gasteiger charge is -2.25. The van der Waals surface area contributed by atoms with E-state index >= 15 is 0 Å². The van der Waals surface area contributed by atoms with Gasteiger partial charge in [-0.25, -0.2) is 4.98 Å². The van der Waals surface area contributed by atoms with Crippen molar-refractivity contribution in [2.45, 2.75) is 38.9 Å². The number of hydrogen-bond donors (Lipinski definition) is 1. The maximum atomic E-state index is 13.0. The summed E-state index contributed by atoms with van der Waals surface area (Å²) in [7, 11) is 0. The first-order valence-corrected chi connectivity index (χ1v) is 10.4. The maximum Gasteiger partial charge on any atom is 0.257 e. The quantitative estimate of drug-likeness (QED) is 0.690. The highest BCUT2D eigenvalue weighted by atomic mass is 32.2. The van der Waals surface area contributed by atoms with Gasteiger partial charge in [-0.15, -0.1) is 0 Å². The van der Waals surface area contributed by atoms with Crippen molar-refractivity contribution in [2.75, 3.05) is 11.1 Å². The highest BCUT2D eigenvalue weighted by molar-refractivity contribution is 7.99. The average Bonchev–Trinajstić information content (AvgIpc) is 2.68. The predicted molar refractivity (Wildman–Crippen MR) is 112 cm³/mol. The highest BCUT2D eigenvalue weighted by Gasteiger charge is 2.28. The number of benzene rings is 1. The SMILES string of the molecule is CCc1c(C)nc2n(c1=O)C[C@H](C(=O)Nc1cc(C)nc3ccccc13)CS2. The second-order valence-electron chi connectivity index (χ2n) is 7.05. The zero-order valence-electron chi connectivity index (χ0n) is 16.2. The highest BCUT2D eigenvalue weighted by Crippen LogP contribution is 2.28. The molecule has 2 aromatic heterocycles. The van der Waals surface area contributed by atoms with Crippen LogP contribution in [0, 0.1) is 19.8 Å². The van der Waals surface area contributed by atoms with E-state index < -0.39 is 0 Å². The van der Waals surface area contributed by atoms with Crippen molar-refractivity contribution in [1.82, 2.24) is 14.5 Å². The molecule has 1 amide bonds. The fourth-order valence-electron chi connectivity index (χ4n) is 3.61. The molecule has 144 valence electrons. The Labute approximate surface area is 167 Å². The summed E-state index contributed by atoms with van der Waals surface area (Å²) in [6.45, 7) is 6.09. The minimum Gasteiger partial charge on any atom is -0.325 e. The fourth-order valence-corrected chi connectivity index (χ4v) is 4.73. The van der Waals surface area contributed by atoms with Gasteiger partial charge in [-0.05, 0) is 32.4 Å². The van der Waals surface area contributed by atoms with Gasteiger partial charge in [0.1, 0.15) is 0 Å². The number of carbonyl (C=O) groups excluding carboxylic acids is 1. The first-order valence-electron chi connectivity index (χ1n) is 9.38. The standard InChI is InChI=1S/C21H22N4O2S/c1-4-15-13(3)23-21-25(20(15)27)10-14(11-28-21)19(26)24-18-9-12(2)22-17-8-6-5-7-16(17)18/h5-9,14H,4,10-11H2,1-3H3,(H,22,24,26)/t14-/m0/s1. The van der Waals surface area contributed by atoms with Crippen molar-refractivity contribution in [3.63, 3.8) is 0 Å². The summed E-state index contributed by atoms with van der Waals surface area (Å²) in [4.78, 5) is 34.8.